The zero-order valence-corrected chi connectivity index (χ0v) is 27.0. The maximum Gasteiger partial charge on any atom is 0.251 e. The molecule has 0 saturated heterocycles. The van der Waals surface area contributed by atoms with Crippen LogP contribution in [0.5, 0.6) is 0 Å². The van der Waals surface area contributed by atoms with E-state index in [1.165, 1.54) is 9.75 Å². The van der Waals surface area contributed by atoms with Crippen LogP contribution in [0.2, 0.25) is 0 Å². The lowest BCUT2D eigenvalue weighted by Crippen LogP contribution is -2.42. The second-order valence-corrected chi connectivity index (χ2v) is 12.9. The van der Waals surface area contributed by atoms with Gasteiger partial charge in [-0.05, 0) is 90.4 Å². The molecule has 7 rings (SSSR count). The monoisotopic (exact) mass is 631 g/mol. The predicted octanol–water partition coefficient (Wildman–Crippen LogP) is 7.63. The Bertz CT molecular complexity index is 1960. The van der Waals surface area contributed by atoms with Crippen molar-refractivity contribution in [3.05, 3.63) is 102 Å². The zero-order chi connectivity index (χ0) is 30.9. The number of carbonyl (C=O) groups excluding carboxylic acids is 1. The van der Waals surface area contributed by atoms with Gasteiger partial charge in [-0.1, -0.05) is 26.0 Å². The molecule has 0 radical (unpaired) electrons. The van der Waals surface area contributed by atoms with Gasteiger partial charge in [-0.15, -0.1) is 22.7 Å². The van der Waals surface area contributed by atoms with E-state index in [2.05, 4.69) is 100 Å². The number of hydrogen-bond donors (Lipinski definition) is 1. The molecule has 7 heterocycles. The molecule has 0 fully saturated rings. The Morgan fingerprint density at radius 2 is 1.36 bits per heavy atom. The Labute approximate surface area is 269 Å². The van der Waals surface area contributed by atoms with Crippen molar-refractivity contribution in [1.82, 2.24) is 34.4 Å². The molecule has 10 heteroatoms. The lowest BCUT2D eigenvalue weighted by molar-refractivity contribution is 0.0938. The lowest BCUT2D eigenvalue weighted by atomic mass is 10.0. The van der Waals surface area contributed by atoms with E-state index < -0.39 is 0 Å². The Morgan fingerprint density at radius 1 is 0.822 bits per heavy atom. The average molecular weight is 632 g/mol. The summed E-state index contributed by atoms with van der Waals surface area (Å²) in [5.74, 6) is -0.134. The Hall–Kier alpha value is -4.64. The van der Waals surface area contributed by atoms with Crippen molar-refractivity contribution in [2.24, 2.45) is 0 Å². The van der Waals surface area contributed by atoms with Crippen molar-refractivity contribution >= 4 is 39.6 Å². The molecule has 226 valence electrons. The number of fused-ring (bicyclic) bond motifs is 2. The van der Waals surface area contributed by atoms with Crippen LogP contribution in [0, 0.1) is 0 Å². The Balaban J connectivity index is 1.34. The number of hydrogen-bond acceptors (Lipinski definition) is 7. The van der Waals surface area contributed by atoms with Crippen LogP contribution in [0.25, 0.3) is 54.4 Å². The molecular weight excluding hydrogens is 599 g/mol. The smallest absolute Gasteiger partial charge is 0.251 e. The molecule has 0 saturated carbocycles. The number of nitrogens with one attached hydrogen (secondary N) is 1. The summed E-state index contributed by atoms with van der Waals surface area (Å²) in [7, 11) is 0. The molecule has 0 aliphatic heterocycles. The standard InChI is InChI=1S/C35H33N7OS2/c1-4-40(5-2)23(3)20-36-35(43)26-16-29(27-21-37-41-12-10-24(18-31(27)41)33-8-6-14-44-33)39-30(17-26)28-22-38-42-13-11-25(19-32(28)42)34-9-7-15-45-34/h6-19,21-23H,4-5,20H2,1-3H3,(H,36,43). The Morgan fingerprint density at radius 3 is 1.82 bits per heavy atom. The quantitative estimate of drug-likeness (QED) is 0.168. The van der Waals surface area contributed by atoms with Gasteiger partial charge in [0.15, 0.2) is 0 Å². The minimum atomic E-state index is -0.134. The first-order chi connectivity index (χ1) is 22.0. The van der Waals surface area contributed by atoms with Gasteiger partial charge >= 0.3 is 0 Å². The lowest BCUT2D eigenvalue weighted by Gasteiger charge is -2.26. The highest BCUT2D eigenvalue weighted by Crippen LogP contribution is 2.34. The zero-order valence-electron chi connectivity index (χ0n) is 25.3. The van der Waals surface area contributed by atoms with Crippen LogP contribution < -0.4 is 5.32 Å². The molecule has 45 heavy (non-hydrogen) atoms. The summed E-state index contributed by atoms with van der Waals surface area (Å²) in [5, 5.41) is 16.6. The first-order valence-electron chi connectivity index (χ1n) is 15.1. The van der Waals surface area contributed by atoms with E-state index in [1.807, 2.05) is 46.0 Å². The topological polar surface area (TPSA) is 79.8 Å². The number of nitrogens with zero attached hydrogens (tertiary/aromatic N) is 6. The highest BCUT2D eigenvalue weighted by atomic mass is 32.1. The molecule has 0 spiro atoms. The van der Waals surface area contributed by atoms with Gasteiger partial charge in [-0.3, -0.25) is 9.69 Å². The van der Waals surface area contributed by atoms with Crippen LogP contribution in [0.1, 0.15) is 31.1 Å². The molecule has 1 atom stereocenters. The molecule has 0 aliphatic carbocycles. The number of aromatic nitrogens is 5. The summed E-state index contributed by atoms with van der Waals surface area (Å²) in [6.45, 7) is 8.84. The van der Waals surface area contributed by atoms with Crippen LogP contribution in [-0.4, -0.2) is 60.7 Å². The fourth-order valence-electron chi connectivity index (χ4n) is 5.80. The van der Waals surface area contributed by atoms with Crippen molar-refractivity contribution in [1.29, 1.82) is 0 Å². The molecular formula is C35H33N7OS2. The van der Waals surface area contributed by atoms with Gasteiger partial charge in [0.2, 0.25) is 0 Å². The average Bonchev–Trinajstić information content (AvgIpc) is 3.90. The minimum absolute atomic E-state index is 0.134. The summed E-state index contributed by atoms with van der Waals surface area (Å²) >= 11 is 3.40. The minimum Gasteiger partial charge on any atom is -0.350 e. The van der Waals surface area contributed by atoms with E-state index in [1.54, 1.807) is 22.7 Å². The van der Waals surface area contributed by atoms with Gasteiger partial charge in [0.25, 0.3) is 5.91 Å². The number of pyridine rings is 3. The van der Waals surface area contributed by atoms with Gasteiger partial charge in [0.1, 0.15) is 0 Å². The fraction of sp³-hybridized carbons (Fsp3) is 0.200. The number of amides is 1. The van der Waals surface area contributed by atoms with Crippen LogP contribution in [0.15, 0.2) is 96.2 Å². The highest BCUT2D eigenvalue weighted by Gasteiger charge is 2.19. The molecule has 1 unspecified atom stereocenters. The molecule has 8 nitrogen and oxygen atoms in total. The van der Waals surface area contributed by atoms with E-state index in [4.69, 9.17) is 4.98 Å². The normalized spacial score (nSPS) is 12.4. The molecule has 1 amide bonds. The predicted molar refractivity (Wildman–Crippen MR) is 184 cm³/mol. The summed E-state index contributed by atoms with van der Waals surface area (Å²) in [6, 6.07) is 20.7. The molecule has 0 aromatic carbocycles. The molecule has 0 aliphatic rings. The highest BCUT2D eigenvalue weighted by molar-refractivity contribution is 7.13. The van der Waals surface area contributed by atoms with E-state index >= 15 is 0 Å². The van der Waals surface area contributed by atoms with Crippen molar-refractivity contribution in [3.8, 4) is 43.4 Å². The van der Waals surface area contributed by atoms with E-state index in [0.717, 1.165) is 46.4 Å². The second kappa shape index (κ2) is 12.4. The SMILES string of the molecule is CCN(CC)C(C)CNC(=O)c1cc(-c2cnn3ccc(-c4cccs4)cc23)nc(-c2cnn3ccc(-c4cccs4)cc23)c1. The maximum absolute atomic E-state index is 13.7. The second-order valence-electron chi connectivity index (χ2n) is 11.0. The maximum atomic E-state index is 13.7. The number of carbonyl (C=O) groups is 1. The molecule has 7 aromatic heterocycles. The van der Waals surface area contributed by atoms with Crippen LogP contribution in [0.3, 0.4) is 0 Å². The van der Waals surface area contributed by atoms with Crippen molar-refractivity contribution < 1.29 is 4.79 Å². The van der Waals surface area contributed by atoms with Crippen molar-refractivity contribution in [3.63, 3.8) is 0 Å². The van der Waals surface area contributed by atoms with Crippen LogP contribution in [-0.2, 0) is 0 Å². The van der Waals surface area contributed by atoms with Gasteiger partial charge < -0.3 is 5.32 Å². The number of thiophene rings is 2. The molecule has 0 bridgehead atoms. The first-order valence-corrected chi connectivity index (χ1v) is 16.9. The number of rotatable bonds is 10. The summed E-state index contributed by atoms with van der Waals surface area (Å²) in [6.07, 6.45) is 7.60. The van der Waals surface area contributed by atoms with E-state index in [9.17, 15) is 4.79 Å². The molecule has 1 N–H and O–H groups in total. The van der Waals surface area contributed by atoms with Crippen molar-refractivity contribution in [2.45, 2.75) is 26.8 Å². The summed E-state index contributed by atoms with van der Waals surface area (Å²) in [4.78, 5) is 23.6. The number of likely N-dealkylation sites (N-methyl/N-ethyl adjacent to an activating group) is 1. The van der Waals surface area contributed by atoms with Gasteiger partial charge in [0.05, 0.1) is 34.8 Å². The molecule has 7 aromatic rings. The largest absolute Gasteiger partial charge is 0.350 e. The third kappa shape index (κ3) is 5.68. The Kier molecular flexibility index (Phi) is 8.01. The van der Waals surface area contributed by atoms with Gasteiger partial charge in [-0.2, -0.15) is 10.2 Å². The third-order valence-corrected chi connectivity index (χ3v) is 10.1. The first kappa shape index (κ1) is 29.1. The van der Waals surface area contributed by atoms with Crippen molar-refractivity contribution in [2.75, 3.05) is 19.6 Å². The van der Waals surface area contributed by atoms with Crippen LogP contribution >= 0.6 is 22.7 Å². The van der Waals surface area contributed by atoms with Gasteiger partial charge in [0, 0.05) is 51.4 Å². The summed E-state index contributed by atoms with van der Waals surface area (Å²) < 4.78 is 3.71. The van der Waals surface area contributed by atoms with Crippen LogP contribution in [0.4, 0.5) is 0 Å². The third-order valence-electron chi connectivity index (χ3n) is 8.29. The van der Waals surface area contributed by atoms with Gasteiger partial charge in [-0.25, -0.2) is 14.0 Å². The fourth-order valence-corrected chi connectivity index (χ4v) is 7.25. The summed E-state index contributed by atoms with van der Waals surface area (Å²) in [5.41, 5.74) is 7.70. The van der Waals surface area contributed by atoms with E-state index in [0.29, 0.717) is 23.5 Å². The van der Waals surface area contributed by atoms with E-state index in [-0.39, 0.29) is 11.9 Å².